The van der Waals surface area contributed by atoms with Crippen LogP contribution >= 0.6 is 15.9 Å². The van der Waals surface area contributed by atoms with Gasteiger partial charge >= 0.3 is 0 Å². The Balaban J connectivity index is 1.84. The SMILES string of the molecule is O=C(Cn1cc(Br)ccc1=O)NC(c1ccccc1)c1ccccc1. The van der Waals surface area contributed by atoms with Crippen LogP contribution in [-0.4, -0.2) is 10.5 Å². The first-order valence-electron chi connectivity index (χ1n) is 7.89. The van der Waals surface area contributed by atoms with Crippen LogP contribution in [0, 0.1) is 0 Å². The van der Waals surface area contributed by atoms with E-state index in [1.165, 1.54) is 10.6 Å². The van der Waals surface area contributed by atoms with Crippen molar-refractivity contribution in [1.29, 1.82) is 0 Å². The molecule has 0 aliphatic carbocycles. The molecule has 0 radical (unpaired) electrons. The molecule has 0 bridgehead atoms. The molecule has 5 heteroatoms. The fourth-order valence-electron chi connectivity index (χ4n) is 2.64. The summed E-state index contributed by atoms with van der Waals surface area (Å²) in [5.74, 6) is -0.224. The van der Waals surface area contributed by atoms with Crippen molar-refractivity contribution in [1.82, 2.24) is 9.88 Å². The molecule has 0 fully saturated rings. The molecule has 1 aromatic heterocycles. The summed E-state index contributed by atoms with van der Waals surface area (Å²) in [5, 5.41) is 3.03. The number of carbonyl (C=O) groups excluding carboxylic acids is 1. The van der Waals surface area contributed by atoms with Crippen molar-refractivity contribution in [3.05, 3.63) is 105 Å². The van der Waals surface area contributed by atoms with Gasteiger partial charge < -0.3 is 9.88 Å². The van der Waals surface area contributed by atoms with Gasteiger partial charge in [-0.2, -0.15) is 0 Å². The van der Waals surface area contributed by atoms with Crippen LogP contribution in [0.3, 0.4) is 0 Å². The number of amides is 1. The van der Waals surface area contributed by atoms with Gasteiger partial charge in [0.2, 0.25) is 5.91 Å². The summed E-state index contributed by atoms with van der Waals surface area (Å²) >= 11 is 3.32. The van der Waals surface area contributed by atoms with Crippen molar-refractivity contribution in [2.45, 2.75) is 12.6 Å². The van der Waals surface area contributed by atoms with E-state index in [-0.39, 0.29) is 24.1 Å². The van der Waals surface area contributed by atoms with Crippen LogP contribution in [0.4, 0.5) is 0 Å². The summed E-state index contributed by atoms with van der Waals surface area (Å²) in [6.45, 7) is -0.0333. The molecule has 3 aromatic rings. The Bertz CT molecular complexity index is 868. The molecule has 0 unspecified atom stereocenters. The zero-order chi connectivity index (χ0) is 17.6. The smallest absolute Gasteiger partial charge is 0.251 e. The van der Waals surface area contributed by atoms with Gasteiger partial charge in [-0.05, 0) is 33.1 Å². The van der Waals surface area contributed by atoms with Crippen molar-refractivity contribution in [3.8, 4) is 0 Å². The molecule has 0 aliphatic heterocycles. The molecule has 0 saturated heterocycles. The molecule has 3 rings (SSSR count). The van der Waals surface area contributed by atoms with Gasteiger partial charge in [0.15, 0.2) is 0 Å². The van der Waals surface area contributed by atoms with E-state index in [4.69, 9.17) is 0 Å². The van der Waals surface area contributed by atoms with E-state index >= 15 is 0 Å². The lowest BCUT2D eigenvalue weighted by Crippen LogP contribution is -2.34. The Morgan fingerprint density at radius 2 is 1.48 bits per heavy atom. The highest BCUT2D eigenvalue weighted by Crippen LogP contribution is 2.21. The van der Waals surface area contributed by atoms with E-state index < -0.39 is 0 Å². The minimum absolute atomic E-state index is 0.0333. The second kappa shape index (κ2) is 7.94. The molecule has 2 aromatic carbocycles. The molecule has 1 heterocycles. The first kappa shape index (κ1) is 17.2. The zero-order valence-corrected chi connectivity index (χ0v) is 15.0. The maximum absolute atomic E-state index is 12.5. The molecular formula is C20H17BrN2O2. The minimum Gasteiger partial charge on any atom is -0.344 e. The minimum atomic E-state index is -0.266. The zero-order valence-electron chi connectivity index (χ0n) is 13.4. The second-order valence-electron chi connectivity index (χ2n) is 5.64. The molecule has 0 spiro atoms. The van der Waals surface area contributed by atoms with Crippen LogP contribution in [0.5, 0.6) is 0 Å². The van der Waals surface area contributed by atoms with E-state index in [9.17, 15) is 9.59 Å². The van der Waals surface area contributed by atoms with Gasteiger partial charge in [-0.25, -0.2) is 0 Å². The normalized spacial score (nSPS) is 10.6. The highest BCUT2D eigenvalue weighted by molar-refractivity contribution is 9.10. The number of carbonyl (C=O) groups is 1. The summed E-state index contributed by atoms with van der Waals surface area (Å²) in [6, 6.07) is 22.4. The Labute approximate surface area is 154 Å². The summed E-state index contributed by atoms with van der Waals surface area (Å²) in [6.07, 6.45) is 1.61. The maximum Gasteiger partial charge on any atom is 0.251 e. The van der Waals surface area contributed by atoms with Crippen LogP contribution in [0.15, 0.2) is 88.3 Å². The van der Waals surface area contributed by atoms with Crippen LogP contribution < -0.4 is 10.9 Å². The first-order chi connectivity index (χ1) is 12.1. The Hall–Kier alpha value is -2.66. The number of rotatable bonds is 5. The molecule has 1 N–H and O–H groups in total. The number of pyridine rings is 1. The van der Waals surface area contributed by atoms with Crippen LogP contribution in [0.2, 0.25) is 0 Å². The predicted octanol–water partition coefficient (Wildman–Crippen LogP) is 3.52. The Morgan fingerprint density at radius 3 is 2.04 bits per heavy atom. The molecule has 0 atom stereocenters. The van der Waals surface area contributed by atoms with E-state index in [0.717, 1.165) is 15.6 Å². The van der Waals surface area contributed by atoms with Crippen molar-refractivity contribution >= 4 is 21.8 Å². The van der Waals surface area contributed by atoms with E-state index in [0.29, 0.717) is 0 Å². The lowest BCUT2D eigenvalue weighted by Gasteiger charge is -2.20. The number of aromatic nitrogens is 1. The first-order valence-corrected chi connectivity index (χ1v) is 8.68. The molecule has 0 saturated carbocycles. The van der Waals surface area contributed by atoms with Crippen molar-refractivity contribution in [3.63, 3.8) is 0 Å². The average molecular weight is 397 g/mol. The van der Waals surface area contributed by atoms with Crippen LogP contribution in [-0.2, 0) is 11.3 Å². The number of hydrogen-bond donors (Lipinski definition) is 1. The van der Waals surface area contributed by atoms with Gasteiger partial charge in [-0.1, -0.05) is 60.7 Å². The third-order valence-electron chi connectivity index (χ3n) is 3.83. The Morgan fingerprint density at radius 1 is 0.920 bits per heavy atom. The van der Waals surface area contributed by atoms with Gasteiger partial charge in [-0.15, -0.1) is 0 Å². The van der Waals surface area contributed by atoms with Gasteiger partial charge in [0.1, 0.15) is 6.54 Å². The molecule has 126 valence electrons. The number of halogens is 1. The molecule has 1 amide bonds. The number of nitrogens with one attached hydrogen (secondary N) is 1. The van der Waals surface area contributed by atoms with Crippen molar-refractivity contribution in [2.75, 3.05) is 0 Å². The lowest BCUT2D eigenvalue weighted by molar-refractivity contribution is -0.122. The van der Waals surface area contributed by atoms with Crippen LogP contribution in [0.1, 0.15) is 17.2 Å². The summed E-state index contributed by atoms with van der Waals surface area (Å²) in [4.78, 5) is 24.4. The summed E-state index contributed by atoms with van der Waals surface area (Å²) in [7, 11) is 0. The summed E-state index contributed by atoms with van der Waals surface area (Å²) in [5.41, 5.74) is 1.77. The standard InChI is InChI=1S/C20H17BrN2O2/c21-17-11-12-19(25)23(13-17)14-18(24)22-20(15-7-3-1-4-8-15)16-9-5-2-6-10-16/h1-13,20H,14H2,(H,22,24). The van der Waals surface area contributed by atoms with E-state index in [1.807, 2.05) is 60.7 Å². The second-order valence-corrected chi connectivity index (χ2v) is 6.55. The third-order valence-corrected chi connectivity index (χ3v) is 4.30. The van der Waals surface area contributed by atoms with Crippen molar-refractivity contribution in [2.24, 2.45) is 0 Å². The highest BCUT2D eigenvalue weighted by atomic mass is 79.9. The predicted molar refractivity (Wildman–Crippen MR) is 101 cm³/mol. The van der Waals surface area contributed by atoms with Gasteiger partial charge in [0.05, 0.1) is 6.04 Å². The maximum atomic E-state index is 12.5. The van der Waals surface area contributed by atoms with Gasteiger partial charge in [0.25, 0.3) is 5.56 Å². The van der Waals surface area contributed by atoms with Gasteiger partial charge in [0, 0.05) is 16.7 Å². The Kier molecular flexibility index (Phi) is 5.46. The monoisotopic (exact) mass is 396 g/mol. The molecule has 0 aliphatic rings. The van der Waals surface area contributed by atoms with E-state index in [1.54, 1.807) is 12.3 Å². The summed E-state index contributed by atoms with van der Waals surface area (Å²) < 4.78 is 2.13. The topological polar surface area (TPSA) is 51.1 Å². The largest absolute Gasteiger partial charge is 0.344 e. The average Bonchev–Trinajstić information content (AvgIpc) is 2.64. The highest BCUT2D eigenvalue weighted by Gasteiger charge is 2.17. The third kappa shape index (κ3) is 4.45. The molecule has 25 heavy (non-hydrogen) atoms. The number of benzene rings is 2. The lowest BCUT2D eigenvalue weighted by atomic mass is 9.99. The van der Waals surface area contributed by atoms with Crippen molar-refractivity contribution < 1.29 is 4.79 Å². The molecular weight excluding hydrogens is 380 g/mol. The number of hydrogen-bond acceptors (Lipinski definition) is 2. The fourth-order valence-corrected chi connectivity index (χ4v) is 3.02. The van der Waals surface area contributed by atoms with Crippen LogP contribution in [0.25, 0.3) is 0 Å². The quantitative estimate of drug-likeness (QED) is 0.717. The number of nitrogens with zero attached hydrogens (tertiary/aromatic N) is 1. The molecule has 4 nitrogen and oxygen atoms in total. The van der Waals surface area contributed by atoms with Gasteiger partial charge in [-0.3, -0.25) is 9.59 Å². The van der Waals surface area contributed by atoms with E-state index in [2.05, 4.69) is 21.2 Å². The fraction of sp³-hybridized carbons (Fsp3) is 0.100.